The van der Waals surface area contributed by atoms with Crippen molar-refractivity contribution in [3.05, 3.63) is 16.0 Å². The lowest BCUT2D eigenvalue weighted by molar-refractivity contribution is -0.137. The van der Waals surface area contributed by atoms with E-state index in [1.54, 1.807) is 6.92 Å². The summed E-state index contributed by atoms with van der Waals surface area (Å²) in [7, 11) is -3.92. The molecule has 5 nitrogen and oxygen atoms in total. The molecule has 8 heteroatoms. The highest BCUT2D eigenvalue weighted by molar-refractivity contribution is 7.91. The van der Waals surface area contributed by atoms with E-state index in [9.17, 15) is 13.2 Å². The maximum Gasteiger partial charge on any atom is 0.318 e. The van der Waals surface area contributed by atoms with Gasteiger partial charge in [0.05, 0.1) is 10.9 Å². The summed E-state index contributed by atoms with van der Waals surface area (Å²) in [6.07, 6.45) is 5.04. The number of sulfonamides is 1. The van der Waals surface area contributed by atoms with Crippen molar-refractivity contribution in [3.8, 4) is 12.3 Å². The number of nitrogens with zero attached hydrogens (tertiary/aromatic N) is 1. The molecule has 18 heavy (non-hydrogen) atoms. The van der Waals surface area contributed by atoms with Crippen molar-refractivity contribution in [2.24, 2.45) is 0 Å². The van der Waals surface area contributed by atoms with Gasteiger partial charge in [0.25, 0.3) is 10.0 Å². The van der Waals surface area contributed by atoms with E-state index in [0.29, 0.717) is 9.90 Å². The van der Waals surface area contributed by atoms with Gasteiger partial charge in [-0.25, -0.2) is 8.42 Å². The molecule has 0 atom stereocenters. The van der Waals surface area contributed by atoms with Crippen molar-refractivity contribution in [2.75, 3.05) is 13.1 Å². The lowest BCUT2D eigenvalue weighted by atomic mass is 10.4. The third-order valence-corrected chi connectivity index (χ3v) is 5.80. The molecule has 0 aliphatic rings. The Bertz CT molecular complexity index is 580. The third kappa shape index (κ3) is 3.23. The molecule has 0 fully saturated rings. The molecule has 1 N–H and O–H groups in total. The first-order chi connectivity index (χ1) is 8.28. The summed E-state index contributed by atoms with van der Waals surface area (Å²) in [6.45, 7) is 0.685. The number of hydrogen-bond acceptors (Lipinski definition) is 4. The van der Waals surface area contributed by atoms with E-state index in [-0.39, 0.29) is 10.8 Å². The van der Waals surface area contributed by atoms with Gasteiger partial charge in [-0.1, -0.05) is 17.5 Å². The second-order valence-electron chi connectivity index (χ2n) is 3.39. The Kier molecular flexibility index (Phi) is 4.76. The number of thiophene rings is 1. The number of aliphatic carboxylic acids is 1. The van der Waals surface area contributed by atoms with Crippen LogP contribution >= 0.6 is 22.9 Å². The number of carbonyl (C=O) groups is 1. The van der Waals surface area contributed by atoms with E-state index in [1.165, 1.54) is 6.07 Å². The number of halogens is 1. The summed E-state index contributed by atoms with van der Waals surface area (Å²) in [5.74, 6) is 0.855. The number of rotatable bonds is 5. The van der Waals surface area contributed by atoms with Gasteiger partial charge in [-0.05, 0) is 18.6 Å². The quantitative estimate of drug-likeness (QED) is 0.835. The lowest BCUT2D eigenvalue weighted by Crippen LogP contribution is -2.35. The molecule has 0 amide bonds. The zero-order valence-electron chi connectivity index (χ0n) is 9.38. The predicted octanol–water partition coefficient (Wildman–Crippen LogP) is 1.42. The number of carboxylic acid groups (broad SMARTS) is 1. The molecular formula is C10H10ClNO4S2. The molecule has 0 unspecified atom stereocenters. The van der Waals surface area contributed by atoms with Crippen molar-refractivity contribution < 1.29 is 18.3 Å². The second kappa shape index (κ2) is 5.71. The Balaban J connectivity index is 3.17. The summed E-state index contributed by atoms with van der Waals surface area (Å²) in [5, 5.41) is 8.68. The van der Waals surface area contributed by atoms with Gasteiger partial charge < -0.3 is 5.11 Å². The van der Waals surface area contributed by atoms with Gasteiger partial charge in [-0.3, -0.25) is 4.79 Å². The third-order valence-electron chi connectivity index (χ3n) is 2.01. The van der Waals surface area contributed by atoms with Crippen LogP contribution in [0.2, 0.25) is 4.34 Å². The van der Waals surface area contributed by atoms with Crippen molar-refractivity contribution in [1.82, 2.24) is 4.31 Å². The summed E-state index contributed by atoms with van der Waals surface area (Å²) in [6, 6.07) is 1.40. The normalized spacial score (nSPS) is 11.4. The fourth-order valence-electron chi connectivity index (χ4n) is 1.16. The van der Waals surface area contributed by atoms with Crippen LogP contribution in [-0.4, -0.2) is 36.9 Å². The van der Waals surface area contributed by atoms with E-state index in [0.717, 1.165) is 15.6 Å². The molecule has 1 aromatic heterocycles. The molecule has 1 rings (SSSR count). The Morgan fingerprint density at radius 3 is 2.67 bits per heavy atom. The Hall–Kier alpha value is -1.07. The predicted molar refractivity (Wildman–Crippen MR) is 69.3 cm³/mol. The fraction of sp³-hybridized carbons (Fsp3) is 0.300. The minimum absolute atomic E-state index is 0.0125. The minimum Gasteiger partial charge on any atom is -0.480 e. The van der Waals surface area contributed by atoms with E-state index in [2.05, 4.69) is 5.92 Å². The molecule has 0 saturated carbocycles. The zero-order valence-corrected chi connectivity index (χ0v) is 11.8. The van der Waals surface area contributed by atoms with E-state index in [4.69, 9.17) is 23.1 Å². The Morgan fingerprint density at radius 2 is 2.28 bits per heavy atom. The first kappa shape index (κ1) is 15.0. The molecule has 98 valence electrons. The van der Waals surface area contributed by atoms with E-state index < -0.39 is 22.5 Å². The number of terminal acetylenes is 1. The monoisotopic (exact) mass is 307 g/mol. The molecule has 0 aliphatic carbocycles. The summed E-state index contributed by atoms with van der Waals surface area (Å²) in [5.41, 5.74) is 0.622. The minimum atomic E-state index is -3.92. The molecule has 0 bridgehead atoms. The highest BCUT2D eigenvalue weighted by Crippen LogP contribution is 2.31. The SMILES string of the molecule is C#CCN(CC(=O)O)S(=O)(=O)c1cc(C)c(Cl)s1. The van der Waals surface area contributed by atoms with Gasteiger partial charge in [0, 0.05) is 0 Å². The van der Waals surface area contributed by atoms with Crippen molar-refractivity contribution in [2.45, 2.75) is 11.1 Å². The van der Waals surface area contributed by atoms with Crippen LogP contribution in [-0.2, 0) is 14.8 Å². The van der Waals surface area contributed by atoms with Crippen LogP contribution in [0.4, 0.5) is 0 Å². The summed E-state index contributed by atoms with van der Waals surface area (Å²) < 4.78 is 25.3. The number of carboxylic acids is 1. The zero-order chi connectivity index (χ0) is 13.9. The summed E-state index contributed by atoms with van der Waals surface area (Å²) >= 11 is 6.68. The first-order valence-electron chi connectivity index (χ1n) is 4.70. The second-order valence-corrected chi connectivity index (χ2v) is 7.21. The van der Waals surface area contributed by atoms with Crippen LogP contribution in [0.15, 0.2) is 10.3 Å². The Labute approximate surface area is 114 Å². The molecule has 1 aromatic rings. The van der Waals surface area contributed by atoms with E-state index >= 15 is 0 Å². The first-order valence-corrected chi connectivity index (χ1v) is 7.34. The average Bonchev–Trinajstić information content (AvgIpc) is 2.59. The van der Waals surface area contributed by atoms with Gasteiger partial charge in [-0.15, -0.1) is 17.8 Å². The maximum atomic E-state index is 12.1. The van der Waals surface area contributed by atoms with Crippen molar-refractivity contribution in [3.63, 3.8) is 0 Å². The molecule has 0 radical (unpaired) electrons. The maximum absolute atomic E-state index is 12.1. The molecule has 0 spiro atoms. The highest BCUT2D eigenvalue weighted by atomic mass is 35.5. The summed E-state index contributed by atoms with van der Waals surface area (Å²) in [4.78, 5) is 10.6. The van der Waals surface area contributed by atoms with Crippen LogP contribution in [0.25, 0.3) is 0 Å². The molecular weight excluding hydrogens is 298 g/mol. The average molecular weight is 308 g/mol. The van der Waals surface area contributed by atoms with Crippen LogP contribution in [0.1, 0.15) is 5.56 Å². The lowest BCUT2D eigenvalue weighted by Gasteiger charge is -2.16. The van der Waals surface area contributed by atoms with Crippen molar-refractivity contribution >= 4 is 38.9 Å². The topological polar surface area (TPSA) is 74.7 Å². The smallest absolute Gasteiger partial charge is 0.318 e. The standard InChI is InChI=1S/C10H10ClNO4S2/c1-3-4-12(6-8(13)14)18(15,16)9-5-7(2)10(11)17-9/h1,5H,4,6H2,2H3,(H,13,14). The van der Waals surface area contributed by atoms with Crippen LogP contribution in [0.5, 0.6) is 0 Å². The van der Waals surface area contributed by atoms with Gasteiger partial charge in [-0.2, -0.15) is 4.31 Å². The van der Waals surface area contributed by atoms with E-state index in [1.807, 2.05) is 0 Å². The van der Waals surface area contributed by atoms with Crippen LogP contribution in [0, 0.1) is 19.3 Å². The molecule has 0 aliphatic heterocycles. The van der Waals surface area contributed by atoms with Gasteiger partial charge >= 0.3 is 5.97 Å². The number of hydrogen-bond donors (Lipinski definition) is 1. The van der Waals surface area contributed by atoms with Crippen LogP contribution < -0.4 is 0 Å². The molecule has 0 aromatic carbocycles. The Morgan fingerprint density at radius 1 is 1.67 bits per heavy atom. The van der Waals surface area contributed by atoms with Gasteiger partial charge in [0.1, 0.15) is 10.8 Å². The molecule has 1 heterocycles. The van der Waals surface area contributed by atoms with Gasteiger partial charge in [0.15, 0.2) is 0 Å². The number of aryl methyl sites for hydroxylation is 1. The largest absolute Gasteiger partial charge is 0.480 e. The highest BCUT2D eigenvalue weighted by Gasteiger charge is 2.28. The van der Waals surface area contributed by atoms with Gasteiger partial charge in [0.2, 0.25) is 0 Å². The fourth-order valence-corrected chi connectivity index (χ4v) is 4.33. The molecule has 0 saturated heterocycles. The van der Waals surface area contributed by atoms with Crippen LogP contribution in [0.3, 0.4) is 0 Å². The van der Waals surface area contributed by atoms with Crippen molar-refractivity contribution in [1.29, 1.82) is 0 Å².